The van der Waals surface area contributed by atoms with Gasteiger partial charge >= 0.3 is 0 Å². The Kier molecular flexibility index (Phi) is 3.66. The second-order valence-electron chi connectivity index (χ2n) is 4.33. The second-order valence-corrected chi connectivity index (χ2v) is 4.33. The maximum absolute atomic E-state index is 13.9. The first kappa shape index (κ1) is 13.7. The predicted molar refractivity (Wildman–Crippen MR) is 65.1 cm³/mol. The van der Waals surface area contributed by atoms with Gasteiger partial charge in [0.25, 0.3) is 6.43 Å². The summed E-state index contributed by atoms with van der Waals surface area (Å²) in [4.78, 5) is 3.78. The summed E-state index contributed by atoms with van der Waals surface area (Å²) >= 11 is 0. The number of rotatable bonds is 2. The molecular weight excluding hydrogens is 259 g/mol. The van der Waals surface area contributed by atoms with Crippen molar-refractivity contribution in [3.63, 3.8) is 0 Å². The number of amidine groups is 1. The Morgan fingerprint density at radius 2 is 2.16 bits per heavy atom. The quantitative estimate of drug-likeness (QED) is 0.899. The van der Waals surface area contributed by atoms with Crippen molar-refractivity contribution in [2.75, 3.05) is 13.2 Å². The van der Waals surface area contributed by atoms with Crippen molar-refractivity contribution in [2.45, 2.75) is 18.4 Å². The number of nitrogens with one attached hydrogen (secondary N) is 1. The van der Waals surface area contributed by atoms with Crippen LogP contribution in [-0.2, 0) is 10.3 Å². The van der Waals surface area contributed by atoms with Crippen LogP contribution in [0.1, 0.15) is 12.0 Å². The van der Waals surface area contributed by atoms with Crippen molar-refractivity contribution in [3.05, 3.63) is 35.3 Å². The van der Waals surface area contributed by atoms with Crippen molar-refractivity contribution in [3.8, 4) is 0 Å². The molecule has 1 atom stereocenters. The first-order chi connectivity index (χ1) is 8.95. The van der Waals surface area contributed by atoms with Gasteiger partial charge in [-0.15, -0.1) is 5.69 Å². The Morgan fingerprint density at radius 3 is 2.84 bits per heavy atom. The minimum Gasteiger partial charge on any atom is -0.699 e. The molecule has 0 aromatic heterocycles. The molecule has 3 N–H and O–H groups in total. The predicted octanol–water partition coefficient (Wildman–Crippen LogP) is 2.75. The molecular formula is C12H13F3N3O-. The zero-order valence-electron chi connectivity index (χ0n) is 10.00. The monoisotopic (exact) mass is 272 g/mol. The number of nitrogens with two attached hydrogens (primary N) is 1. The largest absolute Gasteiger partial charge is 0.699 e. The fourth-order valence-corrected chi connectivity index (χ4v) is 2.08. The Bertz CT molecular complexity index is 507. The molecule has 1 aliphatic heterocycles. The molecule has 0 bridgehead atoms. The van der Waals surface area contributed by atoms with E-state index in [1.54, 1.807) is 0 Å². The molecule has 4 nitrogen and oxygen atoms in total. The van der Waals surface area contributed by atoms with Crippen LogP contribution >= 0.6 is 0 Å². The average Bonchev–Trinajstić information content (AvgIpc) is 2.55. The summed E-state index contributed by atoms with van der Waals surface area (Å²) in [6.07, 6.45) is -3.13. The molecule has 0 spiro atoms. The molecule has 1 aromatic rings. The van der Waals surface area contributed by atoms with Gasteiger partial charge in [-0.2, -0.15) is 0 Å². The summed E-state index contributed by atoms with van der Waals surface area (Å²) in [5, 5.41) is 0. The van der Waals surface area contributed by atoms with Crippen LogP contribution in [0.3, 0.4) is 0 Å². The van der Waals surface area contributed by atoms with Gasteiger partial charge < -0.3 is 16.2 Å². The van der Waals surface area contributed by atoms with Gasteiger partial charge in [0.15, 0.2) is 5.54 Å². The molecule has 1 unspecified atom stereocenters. The lowest BCUT2D eigenvalue weighted by atomic mass is 9.87. The maximum atomic E-state index is 13.9. The van der Waals surface area contributed by atoms with Gasteiger partial charge in [0.1, 0.15) is 18.3 Å². The number of benzene rings is 1. The highest BCUT2D eigenvalue weighted by Crippen LogP contribution is 2.40. The molecule has 0 radical (unpaired) electrons. The van der Waals surface area contributed by atoms with E-state index < -0.39 is 17.8 Å². The van der Waals surface area contributed by atoms with Crippen molar-refractivity contribution in [1.82, 2.24) is 0 Å². The Morgan fingerprint density at radius 1 is 1.42 bits per heavy atom. The fraction of sp³-hybridized carbons (Fsp3) is 0.417. The highest BCUT2D eigenvalue weighted by atomic mass is 19.3. The Labute approximate surface area is 108 Å². The first-order valence-electron chi connectivity index (χ1n) is 5.67. The smallest absolute Gasteiger partial charge is 0.267 e. The van der Waals surface area contributed by atoms with E-state index in [-0.39, 0.29) is 36.7 Å². The van der Waals surface area contributed by atoms with Crippen molar-refractivity contribution >= 4 is 11.5 Å². The normalized spacial score (nSPS) is 24.1. The average molecular weight is 272 g/mol. The number of hydrogen-bond donors (Lipinski definition) is 1. The zero-order chi connectivity index (χ0) is 14.0. The van der Waals surface area contributed by atoms with Gasteiger partial charge in [-0.1, -0.05) is 12.1 Å². The molecule has 1 heterocycles. The lowest BCUT2D eigenvalue weighted by Gasteiger charge is -2.29. The Hall–Kier alpha value is -1.76. The highest BCUT2D eigenvalue weighted by Gasteiger charge is 2.44. The molecule has 0 saturated carbocycles. The van der Waals surface area contributed by atoms with Crippen LogP contribution in [0.4, 0.5) is 18.9 Å². The minimum absolute atomic E-state index is 0.00376. The summed E-state index contributed by atoms with van der Waals surface area (Å²) in [7, 11) is 0. The van der Waals surface area contributed by atoms with E-state index in [1.165, 1.54) is 6.07 Å². The third kappa shape index (κ3) is 2.51. The van der Waals surface area contributed by atoms with E-state index in [4.69, 9.17) is 16.2 Å². The lowest BCUT2D eigenvalue weighted by Crippen LogP contribution is -2.36. The molecule has 1 aromatic carbocycles. The standard InChI is InChI=1S/C12H13F3N3O/c13-9-2-1-7(16)5-8(9)12(11(14)15)3-4-19-6-10(17)18-12/h1-2,5,11,16H,3-4,6H2,(H2,17,18)/q-1. The van der Waals surface area contributed by atoms with E-state index in [1.807, 2.05) is 0 Å². The number of nitrogens with zero attached hydrogens (tertiary/aromatic N) is 1. The minimum atomic E-state index is -2.94. The SMILES string of the molecule is [NH-]c1ccc(F)c(C2(C(F)F)CCOCC(N)=N2)c1. The van der Waals surface area contributed by atoms with Crippen LogP contribution in [0.5, 0.6) is 0 Å². The van der Waals surface area contributed by atoms with Gasteiger partial charge in [-0.05, 0) is 6.07 Å². The number of alkyl halides is 2. The topological polar surface area (TPSA) is 71.4 Å². The molecule has 0 fully saturated rings. The molecule has 7 heteroatoms. The fourth-order valence-electron chi connectivity index (χ4n) is 2.08. The second kappa shape index (κ2) is 5.08. The van der Waals surface area contributed by atoms with E-state index in [9.17, 15) is 13.2 Å². The maximum Gasteiger partial charge on any atom is 0.267 e. The molecule has 0 aliphatic carbocycles. The number of ether oxygens (including phenoxy) is 1. The molecule has 1 aliphatic rings. The van der Waals surface area contributed by atoms with Crippen LogP contribution in [0.15, 0.2) is 23.2 Å². The highest BCUT2D eigenvalue weighted by molar-refractivity contribution is 5.82. The van der Waals surface area contributed by atoms with Crippen molar-refractivity contribution in [2.24, 2.45) is 10.7 Å². The van der Waals surface area contributed by atoms with Crippen LogP contribution in [0, 0.1) is 5.82 Å². The van der Waals surface area contributed by atoms with Gasteiger partial charge in [0, 0.05) is 12.0 Å². The van der Waals surface area contributed by atoms with Crippen LogP contribution < -0.4 is 5.73 Å². The van der Waals surface area contributed by atoms with E-state index in [2.05, 4.69) is 4.99 Å². The molecule has 2 rings (SSSR count). The van der Waals surface area contributed by atoms with E-state index >= 15 is 0 Å². The van der Waals surface area contributed by atoms with Crippen molar-refractivity contribution in [1.29, 1.82) is 0 Å². The number of hydrogen-bond acceptors (Lipinski definition) is 3. The Balaban J connectivity index is 2.61. The number of aliphatic imine (C=N–C) groups is 1. The molecule has 0 saturated heterocycles. The van der Waals surface area contributed by atoms with Crippen LogP contribution in [0.2, 0.25) is 0 Å². The van der Waals surface area contributed by atoms with E-state index in [0.29, 0.717) is 0 Å². The lowest BCUT2D eigenvalue weighted by molar-refractivity contribution is 0.0331. The van der Waals surface area contributed by atoms with Crippen LogP contribution in [-0.4, -0.2) is 25.5 Å². The van der Waals surface area contributed by atoms with Crippen LogP contribution in [0.25, 0.3) is 5.73 Å². The van der Waals surface area contributed by atoms with Gasteiger partial charge in [-0.25, -0.2) is 13.2 Å². The number of halogens is 3. The summed E-state index contributed by atoms with van der Waals surface area (Å²) in [6, 6.07) is 3.24. The third-order valence-corrected chi connectivity index (χ3v) is 3.01. The first-order valence-corrected chi connectivity index (χ1v) is 5.67. The van der Waals surface area contributed by atoms with E-state index in [0.717, 1.165) is 12.1 Å². The van der Waals surface area contributed by atoms with Crippen molar-refractivity contribution < 1.29 is 17.9 Å². The molecule has 19 heavy (non-hydrogen) atoms. The summed E-state index contributed by atoms with van der Waals surface area (Å²) < 4.78 is 45.9. The van der Waals surface area contributed by atoms with Gasteiger partial charge in [0.2, 0.25) is 0 Å². The third-order valence-electron chi connectivity index (χ3n) is 3.01. The summed E-state index contributed by atoms with van der Waals surface area (Å²) in [5.74, 6) is -0.928. The summed E-state index contributed by atoms with van der Waals surface area (Å²) in [5.41, 5.74) is 10.5. The zero-order valence-corrected chi connectivity index (χ0v) is 10.00. The molecule has 104 valence electrons. The summed E-state index contributed by atoms with van der Waals surface area (Å²) in [6.45, 7) is -0.0626. The van der Waals surface area contributed by atoms with Gasteiger partial charge in [0.05, 0.1) is 6.61 Å². The van der Waals surface area contributed by atoms with Gasteiger partial charge in [-0.3, -0.25) is 4.99 Å². The molecule has 0 amide bonds.